The molecule has 3 aromatic rings. The van der Waals surface area contributed by atoms with Crippen LogP contribution in [0.4, 0.5) is 11.4 Å². The Morgan fingerprint density at radius 3 is 2.65 bits per heavy atom. The normalized spacial score (nSPS) is 10.4. The average molecular weight is 366 g/mol. The third-order valence-corrected chi connectivity index (χ3v) is 4.43. The van der Waals surface area contributed by atoms with Crippen LogP contribution in [0.1, 0.15) is 27.2 Å². The number of nitrogens with zero attached hydrogens (tertiary/aromatic N) is 1. The summed E-state index contributed by atoms with van der Waals surface area (Å²) in [5, 5.41) is 6.90. The van der Waals surface area contributed by atoms with Crippen LogP contribution in [0.3, 0.4) is 0 Å². The molecule has 0 atom stereocenters. The first kappa shape index (κ1) is 18.0. The number of aromatic nitrogens is 1. The van der Waals surface area contributed by atoms with E-state index in [4.69, 9.17) is 11.6 Å². The third-order valence-electron chi connectivity index (χ3n) is 4.06. The van der Waals surface area contributed by atoms with E-state index in [0.717, 1.165) is 28.1 Å². The summed E-state index contributed by atoms with van der Waals surface area (Å²) in [5.74, 6) is -0.238. The van der Waals surface area contributed by atoms with Crippen molar-refractivity contribution in [1.82, 2.24) is 4.98 Å². The lowest BCUT2D eigenvalue weighted by Gasteiger charge is -2.11. The second-order valence-electron chi connectivity index (χ2n) is 6.15. The summed E-state index contributed by atoms with van der Waals surface area (Å²) in [6.45, 7) is 4.56. The summed E-state index contributed by atoms with van der Waals surface area (Å²) >= 11 is 6.17. The Kier molecular flexibility index (Phi) is 5.54. The quantitative estimate of drug-likeness (QED) is 0.652. The van der Waals surface area contributed by atoms with E-state index in [-0.39, 0.29) is 5.91 Å². The number of nitrogens with one attached hydrogen (secondary N) is 2. The fourth-order valence-corrected chi connectivity index (χ4v) is 2.85. The Hall–Kier alpha value is -2.85. The SMILES string of the molecule is Cc1ccc(NC(=O)c2cc(NCc3ccccc3Cl)ccn2)c(C)c1. The van der Waals surface area contributed by atoms with Gasteiger partial charge in [-0.2, -0.15) is 0 Å². The minimum Gasteiger partial charge on any atom is -0.381 e. The molecule has 0 bridgehead atoms. The molecule has 132 valence electrons. The van der Waals surface area contributed by atoms with Gasteiger partial charge in [-0.05, 0) is 49.2 Å². The fraction of sp³-hybridized carbons (Fsp3) is 0.143. The number of halogens is 1. The molecule has 0 saturated heterocycles. The van der Waals surface area contributed by atoms with E-state index in [1.165, 1.54) is 0 Å². The summed E-state index contributed by atoms with van der Waals surface area (Å²) in [6, 6.07) is 17.1. The zero-order valence-electron chi connectivity index (χ0n) is 14.7. The van der Waals surface area contributed by atoms with Gasteiger partial charge in [0.15, 0.2) is 0 Å². The van der Waals surface area contributed by atoms with Crippen molar-refractivity contribution in [3.63, 3.8) is 0 Å². The van der Waals surface area contributed by atoms with Crippen LogP contribution in [-0.4, -0.2) is 10.9 Å². The maximum Gasteiger partial charge on any atom is 0.274 e. The van der Waals surface area contributed by atoms with E-state index >= 15 is 0 Å². The molecule has 0 spiro atoms. The Morgan fingerprint density at radius 1 is 1.08 bits per heavy atom. The van der Waals surface area contributed by atoms with E-state index in [1.54, 1.807) is 12.3 Å². The number of hydrogen-bond acceptors (Lipinski definition) is 3. The highest BCUT2D eigenvalue weighted by atomic mass is 35.5. The van der Waals surface area contributed by atoms with Crippen molar-refractivity contribution in [3.8, 4) is 0 Å². The van der Waals surface area contributed by atoms with Crippen molar-refractivity contribution in [2.75, 3.05) is 10.6 Å². The van der Waals surface area contributed by atoms with E-state index in [1.807, 2.05) is 62.4 Å². The van der Waals surface area contributed by atoms with Gasteiger partial charge in [0.25, 0.3) is 5.91 Å². The van der Waals surface area contributed by atoms with Crippen molar-refractivity contribution in [2.24, 2.45) is 0 Å². The number of rotatable bonds is 5. The molecular formula is C21H20ClN3O. The van der Waals surface area contributed by atoms with Crippen LogP contribution in [0.15, 0.2) is 60.8 Å². The van der Waals surface area contributed by atoms with Crippen LogP contribution in [-0.2, 0) is 6.54 Å². The molecule has 0 fully saturated rings. The Morgan fingerprint density at radius 2 is 1.88 bits per heavy atom. The monoisotopic (exact) mass is 365 g/mol. The molecule has 0 saturated carbocycles. The van der Waals surface area contributed by atoms with Gasteiger partial charge in [0.2, 0.25) is 0 Å². The van der Waals surface area contributed by atoms with Crippen LogP contribution in [0.5, 0.6) is 0 Å². The van der Waals surface area contributed by atoms with Gasteiger partial charge < -0.3 is 10.6 Å². The molecule has 2 N–H and O–H groups in total. The van der Waals surface area contributed by atoms with Crippen molar-refractivity contribution in [2.45, 2.75) is 20.4 Å². The lowest BCUT2D eigenvalue weighted by molar-refractivity contribution is 0.102. The third kappa shape index (κ3) is 4.41. The topological polar surface area (TPSA) is 54.0 Å². The van der Waals surface area contributed by atoms with E-state index in [9.17, 15) is 4.79 Å². The largest absolute Gasteiger partial charge is 0.381 e. The minimum atomic E-state index is -0.238. The molecule has 26 heavy (non-hydrogen) atoms. The summed E-state index contributed by atoms with van der Waals surface area (Å²) in [5.41, 5.74) is 5.12. The second-order valence-corrected chi connectivity index (χ2v) is 6.55. The number of amides is 1. The van der Waals surface area contributed by atoms with Crippen molar-refractivity contribution >= 4 is 28.9 Å². The molecule has 2 aromatic carbocycles. The molecule has 1 aromatic heterocycles. The van der Waals surface area contributed by atoms with Gasteiger partial charge in [0.05, 0.1) is 0 Å². The van der Waals surface area contributed by atoms with Crippen LogP contribution >= 0.6 is 11.6 Å². The fourth-order valence-electron chi connectivity index (χ4n) is 2.64. The van der Waals surface area contributed by atoms with Crippen molar-refractivity contribution in [1.29, 1.82) is 0 Å². The summed E-state index contributed by atoms with van der Waals surface area (Å²) in [7, 11) is 0. The second kappa shape index (κ2) is 8.02. The highest BCUT2D eigenvalue weighted by Crippen LogP contribution is 2.19. The molecule has 5 heteroatoms. The number of hydrogen-bond donors (Lipinski definition) is 2. The van der Waals surface area contributed by atoms with Crippen LogP contribution in [0, 0.1) is 13.8 Å². The van der Waals surface area contributed by atoms with Gasteiger partial charge in [0, 0.05) is 29.1 Å². The van der Waals surface area contributed by atoms with Gasteiger partial charge in [0.1, 0.15) is 5.69 Å². The van der Waals surface area contributed by atoms with Crippen molar-refractivity contribution in [3.05, 3.63) is 88.2 Å². The zero-order chi connectivity index (χ0) is 18.5. The van der Waals surface area contributed by atoms with Crippen molar-refractivity contribution < 1.29 is 4.79 Å². The highest BCUT2D eigenvalue weighted by Gasteiger charge is 2.10. The van der Waals surface area contributed by atoms with Gasteiger partial charge in [-0.25, -0.2) is 0 Å². The molecule has 1 amide bonds. The minimum absolute atomic E-state index is 0.238. The molecule has 0 aliphatic heterocycles. The number of carbonyl (C=O) groups excluding carboxylic acids is 1. The molecule has 0 radical (unpaired) electrons. The lowest BCUT2D eigenvalue weighted by atomic mass is 10.1. The highest BCUT2D eigenvalue weighted by molar-refractivity contribution is 6.31. The smallest absolute Gasteiger partial charge is 0.274 e. The van der Waals surface area contributed by atoms with Gasteiger partial charge >= 0.3 is 0 Å². The Labute approximate surface area is 158 Å². The molecule has 0 aliphatic rings. The lowest BCUT2D eigenvalue weighted by Crippen LogP contribution is -2.15. The van der Waals surface area contributed by atoms with Crippen LogP contribution in [0.2, 0.25) is 5.02 Å². The Balaban J connectivity index is 1.70. The van der Waals surface area contributed by atoms with Gasteiger partial charge in [-0.3, -0.25) is 9.78 Å². The maximum atomic E-state index is 12.5. The Bertz CT molecular complexity index is 940. The number of carbonyl (C=O) groups is 1. The zero-order valence-corrected chi connectivity index (χ0v) is 15.5. The standard InChI is InChI=1S/C21H20ClN3O/c1-14-7-8-19(15(2)11-14)25-21(26)20-12-17(9-10-23-20)24-13-16-5-3-4-6-18(16)22/h3-12H,13H2,1-2H3,(H,23,24)(H,25,26). The van der Waals surface area contributed by atoms with E-state index < -0.39 is 0 Å². The summed E-state index contributed by atoms with van der Waals surface area (Å²) in [6.07, 6.45) is 1.62. The van der Waals surface area contributed by atoms with E-state index in [0.29, 0.717) is 17.3 Å². The molecule has 1 heterocycles. The number of aryl methyl sites for hydroxylation is 2. The first-order chi connectivity index (χ1) is 12.5. The number of pyridine rings is 1. The summed E-state index contributed by atoms with van der Waals surface area (Å²) < 4.78 is 0. The number of anilines is 2. The molecule has 0 aliphatic carbocycles. The predicted molar refractivity (Wildman–Crippen MR) is 107 cm³/mol. The van der Waals surface area contributed by atoms with Crippen LogP contribution < -0.4 is 10.6 Å². The number of benzene rings is 2. The molecule has 0 unspecified atom stereocenters. The van der Waals surface area contributed by atoms with Gasteiger partial charge in [-0.15, -0.1) is 0 Å². The average Bonchev–Trinajstić information content (AvgIpc) is 2.63. The van der Waals surface area contributed by atoms with Crippen LogP contribution in [0.25, 0.3) is 0 Å². The first-order valence-electron chi connectivity index (χ1n) is 8.35. The van der Waals surface area contributed by atoms with E-state index in [2.05, 4.69) is 15.6 Å². The molecular weight excluding hydrogens is 346 g/mol. The van der Waals surface area contributed by atoms with Gasteiger partial charge in [-0.1, -0.05) is 47.5 Å². The molecule has 3 rings (SSSR count). The molecule has 4 nitrogen and oxygen atoms in total. The summed E-state index contributed by atoms with van der Waals surface area (Å²) in [4.78, 5) is 16.7. The first-order valence-corrected chi connectivity index (χ1v) is 8.72. The maximum absolute atomic E-state index is 12.5. The predicted octanol–water partition coefficient (Wildman–Crippen LogP) is 5.22.